The number of nitrogens with one attached hydrogen (secondary N) is 2. The van der Waals surface area contributed by atoms with Gasteiger partial charge in [-0.3, -0.25) is 4.79 Å². The van der Waals surface area contributed by atoms with Crippen molar-refractivity contribution in [1.82, 2.24) is 5.32 Å². The zero-order valence-corrected chi connectivity index (χ0v) is 11.9. The third-order valence-electron chi connectivity index (χ3n) is 2.97. The van der Waals surface area contributed by atoms with Gasteiger partial charge in [0.25, 0.3) is 0 Å². The van der Waals surface area contributed by atoms with Gasteiger partial charge in [-0.05, 0) is 38.0 Å². The van der Waals surface area contributed by atoms with Crippen LogP contribution in [-0.2, 0) is 4.79 Å². The molecule has 0 heterocycles. The number of hydrogen-bond acceptors (Lipinski definition) is 2. The summed E-state index contributed by atoms with van der Waals surface area (Å²) in [6, 6.07) is 4.37. The van der Waals surface area contributed by atoms with E-state index in [0.717, 1.165) is 24.8 Å². The molecule has 0 spiro atoms. The van der Waals surface area contributed by atoms with Gasteiger partial charge in [-0.2, -0.15) is 0 Å². The van der Waals surface area contributed by atoms with Crippen LogP contribution in [0.2, 0.25) is 0 Å². The molecule has 1 amide bonds. The maximum absolute atomic E-state index is 13.6. The molecule has 0 aliphatic rings. The van der Waals surface area contributed by atoms with Crippen molar-refractivity contribution in [3.8, 4) is 0 Å². The normalized spacial score (nSPS) is 12.0. The molecule has 0 aromatic heterocycles. The molecular weight excluding hydrogens is 243 g/mol. The van der Waals surface area contributed by atoms with Crippen LogP contribution in [-0.4, -0.2) is 18.5 Å². The van der Waals surface area contributed by atoms with Gasteiger partial charge in [0.05, 0.1) is 5.69 Å². The number of unbranched alkanes of at least 4 members (excludes halogenated alkanes) is 2. The number of halogens is 1. The van der Waals surface area contributed by atoms with Gasteiger partial charge in [-0.25, -0.2) is 4.39 Å². The Bertz CT molecular complexity index is 421. The van der Waals surface area contributed by atoms with Gasteiger partial charge in [-0.15, -0.1) is 0 Å². The fourth-order valence-corrected chi connectivity index (χ4v) is 1.79. The lowest BCUT2D eigenvalue weighted by Crippen LogP contribution is -2.38. The van der Waals surface area contributed by atoms with Crippen molar-refractivity contribution in [3.05, 3.63) is 29.6 Å². The van der Waals surface area contributed by atoms with Crippen LogP contribution in [0.5, 0.6) is 0 Å². The van der Waals surface area contributed by atoms with Crippen LogP contribution in [0.1, 0.15) is 38.7 Å². The number of benzene rings is 1. The first-order valence-electron chi connectivity index (χ1n) is 6.85. The molecular formula is C15H23FN2O. The summed E-state index contributed by atoms with van der Waals surface area (Å²) in [5, 5.41) is 5.75. The average molecular weight is 266 g/mol. The Balaban J connectivity index is 2.47. The Kier molecular flexibility index (Phi) is 6.33. The summed E-state index contributed by atoms with van der Waals surface area (Å²) >= 11 is 0. The third-order valence-corrected chi connectivity index (χ3v) is 2.97. The van der Waals surface area contributed by atoms with Crippen LogP contribution in [0.3, 0.4) is 0 Å². The summed E-state index contributed by atoms with van der Waals surface area (Å²) in [4.78, 5) is 11.8. The van der Waals surface area contributed by atoms with Crippen LogP contribution >= 0.6 is 0 Å². The number of carbonyl (C=O) groups is 1. The second-order valence-corrected chi connectivity index (χ2v) is 4.85. The summed E-state index contributed by atoms with van der Waals surface area (Å²) in [5.74, 6) is -0.437. The van der Waals surface area contributed by atoms with E-state index < -0.39 is 6.04 Å². The minimum atomic E-state index is -0.446. The Labute approximate surface area is 114 Å². The van der Waals surface area contributed by atoms with Crippen molar-refractivity contribution in [2.24, 2.45) is 0 Å². The van der Waals surface area contributed by atoms with Crippen molar-refractivity contribution in [3.63, 3.8) is 0 Å². The SMILES string of the molecule is CCCCCNC(=O)C(C)Nc1cc(C)ccc1F. The van der Waals surface area contributed by atoms with Crippen LogP contribution in [0.15, 0.2) is 18.2 Å². The molecule has 0 aliphatic carbocycles. The van der Waals surface area contributed by atoms with Gasteiger partial charge in [0.15, 0.2) is 0 Å². The van der Waals surface area contributed by atoms with E-state index in [4.69, 9.17) is 0 Å². The molecule has 0 saturated heterocycles. The molecule has 1 aromatic rings. The number of hydrogen-bond donors (Lipinski definition) is 2. The quantitative estimate of drug-likeness (QED) is 0.744. The van der Waals surface area contributed by atoms with E-state index in [1.807, 2.05) is 6.92 Å². The number of carbonyl (C=O) groups excluding carboxylic acids is 1. The van der Waals surface area contributed by atoms with Gasteiger partial charge in [-0.1, -0.05) is 25.8 Å². The molecule has 4 heteroatoms. The number of anilines is 1. The maximum Gasteiger partial charge on any atom is 0.242 e. The summed E-state index contributed by atoms with van der Waals surface area (Å²) in [6.45, 7) is 6.42. The number of rotatable bonds is 7. The highest BCUT2D eigenvalue weighted by molar-refractivity contribution is 5.84. The Morgan fingerprint density at radius 3 is 2.79 bits per heavy atom. The van der Waals surface area contributed by atoms with E-state index >= 15 is 0 Å². The van der Waals surface area contributed by atoms with Crippen LogP contribution in [0, 0.1) is 12.7 Å². The molecule has 106 valence electrons. The van der Waals surface area contributed by atoms with E-state index in [0.29, 0.717) is 12.2 Å². The summed E-state index contributed by atoms with van der Waals surface area (Å²) < 4.78 is 13.6. The lowest BCUT2D eigenvalue weighted by molar-refractivity contribution is -0.121. The molecule has 1 rings (SSSR count). The first-order chi connectivity index (χ1) is 9.04. The highest BCUT2D eigenvalue weighted by Crippen LogP contribution is 2.16. The number of aryl methyl sites for hydroxylation is 1. The van der Waals surface area contributed by atoms with Crippen LogP contribution < -0.4 is 10.6 Å². The maximum atomic E-state index is 13.6. The molecule has 1 atom stereocenters. The molecule has 0 radical (unpaired) electrons. The lowest BCUT2D eigenvalue weighted by Gasteiger charge is -2.16. The minimum absolute atomic E-state index is 0.1000. The molecule has 0 bridgehead atoms. The van der Waals surface area contributed by atoms with Crippen molar-refractivity contribution in [1.29, 1.82) is 0 Å². The third kappa shape index (κ3) is 5.28. The van der Waals surface area contributed by atoms with Gasteiger partial charge < -0.3 is 10.6 Å². The van der Waals surface area contributed by atoms with Crippen LogP contribution in [0.4, 0.5) is 10.1 Å². The topological polar surface area (TPSA) is 41.1 Å². The molecule has 3 nitrogen and oxygen atoms in total. The van der Waals surface area contributed by atoms with Crippen molar-refractivity contribution in [2.45, 2.75) is 46.1 Å². The van der Waals surface area contributed by atoms with E-state index in [2.05, 4.69) is 17.6 Å². The fraction of sp³-hybridized carbons (Fsp3) is 0.533. The molecule has 19 heavy (non-hydrogen) atoms. The second-order valence-electron chi connectivity index (χ2n) is 4.85. The standard InChI is InChI=1S/C15H23FN2O/c1-4-5-6-9-17-15(19)12(3)18-14-10-11(2)7-8-13(14)16/h7-8,10,12,18H,4-6,9H2,1-3H3,(H,17,19). The molecule has 0 aliphatic heterocycles. The van der Waals surface area contributed by atoms with Gasteiger partial charge in [0.2, 0.25) is 5.91 Å². The monoisotopic (exact) mass is 266 g/mol. The molecule has 1 aromatic carbocycles. The Hall–Kier alpha value is -1.58. The van der Waals surface area contributed by atoms with Crippen molar-refractivity contribution in [2.75, 3.05) is 11.9 Å². The Morgan fingerprint density at radius 2 is 2.11 bits per heavy atom. The zero-order valence-electron chi connectivity index (χ0n) is 11.9. The van der Waals surface area contributed by atoms with Gasteiger partial charge in [0, 0.05) is 6.54 Å². The zero-order chi connectivity index (χ0) is 14.3. The number of amides is 1. The summed E-state index contributed by atoms with van der Waals surface area (Å²) in [7, 11) is 0. The van der Waals surface area contributed by atoms with Crippen LogP contribution in [0.25, 0.3) is 0 Å². The first kappa shape index (κ1) is 15.5. The Morgan fingerprint density at radius 1 is 1.37 bits per heavy atom. The predicted molar refractivity (Wildman–Crippen MR) is 76.8 cm³/mol. The average Bonchev–Trinajstić information content (AvgIpc) is 2.38. The van der Waals surface area contributed by atoms with E-state index in [1.54, 1.807) is 19.1 Å². The van der Waals surface area contributed by atoms with Crippen molar-refractivity contribution >= 4 is 11.6 Å². The fourth-order valence-electron chi connectivity index (χ4n) is 1.79. The van der Waals surface area contributed by atoms with Gasteiger partial charge in [0.1, 0.15) is 11.9 Å². The largest absolute Gasteiger partial charge is 0.372 e. The predicted octanol–water partition coefficient (Wildman–Crippen LogP) is 3.24. The molecule has 0 fully saturated rings. The van der Waals surface area contributed by atoms with E-state index in [9.17, 15) is 9.18 Å². The van der Waals surface area contributed by atoms with E-state index in [1.165, 1.54) is 6.07 Å². The van der Waals surface area contributed by atoms with E-state index in [-0.39, 0.29) is 11.7 Å². The van der Waals surface area contributed by atoms with Crippen molar-refractivity contribution < 1.29 is 9.18 Å². The highest BCUT2D eigenvalue weighted by atomic mass is 19.1. The molecule has 0 saturated carbocycles. The minimum Gasteiger partial charge on any atom is -0.372 e. The smallest absolute Gasteiger partial charge is 0.242 e. The second kappa shape index (κ2) is 7.77. The summed E-state index contributed by atoms with van der Waals surface area (Å²) in [6.07, 6.45) is 3.21. The lowest BCUT2D eigenvalue weighted by atomic mass is 10.2. The first-order valence-corrected chi connectivity index (χ1v) is 6.85. The summed E-state index contributed by atoms with van der Waals surface area (Å²) in [5.41, 5.74) is 1.33. The highest BCUT2D eigenvalue weighted by Gasteiger charge is 2.13. The van der Waals surface area contributed by atoms with Gasteiger partial charge >= 0.3 is 0 Å². The molecule has 1 unspecified atom stereocenters. The molecule has 2 N–H and O–H groups in total.